The van der Waals surface area contributed by atoms with Crippen LogP contribution in [0.2, 0.25) is 0 Å². The third-order valence-electron chi connectivity index (χ3n) is 3.39. The number of carbonyl (C=O) groups is 1. The van der Waals surface area contributed by atoms with Crippen LogP contribution in [0.3, 0.4) is 0 Å². The van der Waals surface area contributed by atoms with E-state index in [1.807, 2.05) is 13.0 Å². The van der Waals surface area contributed by atoms with Crippen molar-refractivity contribution in [1.29, 1.82) is 0 Å². The third-order valence-corrected chi connectivity index (χ3v) is 3.39. The van der Waals surface area contributed by atoms with Crippen molar-refractivity contribution in [3.63, 3.8) is 0 Å². The van der Waals surface area contributed by atoms with E-state index in [0.29, 0.717) is 32.3 Å². The lowest BCUT2D eigenvalue weighted by Crippen LogP contribution is -2.42. The van der Waals surface area contributed by atoms with Crippen molar-refractivity contribution in [1.82, 2.24) is 14.9 Å². The Balaban J connectivity index is 1.83. The van der Waals surface area contributed by atoms with Crippen molar-refractivity contribution in [2.24, 2.45) is 0 Å². The van der Waals surface area contributed by atoms with Crippen LogP contribution in [-0.4, -0.2) is 53.8 Å². The predicted molar refractivity (Wildman–Crippen MR) is 78.0 cm³/mol. The highest BCUT2D eigenvalue weighted by Crippen LogP contribution is 2.16. The van der Waals surface area contributed by atoms with Crippen molar-refractivity contribution in [2.45, 2.75) is 32.4 Å². The fourth-order valence-electron chi connectivity index (χ4n) is 2.33. The van der Waals surface area contributed by atoms with Crippen LogP contribution in [-0.2, 0) is 16.1 Å². The molecule has 0 radical (unpaired) electrons. The minimum atomic E-state index is -0.222. The van der Waals surface area contributed by atoms with E-state index in [1.54, 1.807) is 12.0 Å². The molecule has 1 aromatic rings. The summed E-state index contributed by atoms with van der Waals surface area (Å²) in [5.74, 6) is 0.798. The number of nitrogens with one attached hydrogen (secondary N) is 1. The molecule has 1 aromatic heterocycles. The lowest BCUT2D eigenvalue weighted by Gasteiger charge is -2.31. The Kier molecular flexibility index (Phi) is 5.74. The van der Waals surface area contributed by atoms with Crippen LogP contribution in [0.15, 0.2) is 12.4 Å². The molecule has 0 saturated carbocycles. The summed E-state index contributed by atoms with van der Waals surface area (Å²) >= 11 is 0. The van der Waals surface area contributed by atoms with Gasteiger partial charge in [0.1, 0.15) is 12.1 Å². The van der Waals surface area contributed by atoms with Crippen molar-refractivity contribution < 1.29 is 14.3 Å². The number of hydrogen-bond donors (Lipinski definition) is 1. The highest BCUT2D eigenvalue weighted by Gasteiger charge is 2.23. The van der Waals surface area contributed by atoms with Gasteiger partial charge in [-0.1, -0.05) is 0 Å². The highest BCUT2D eigenvalue weighted by atomic mass is 16.6. The molecule has 7 nitrogen and oxygen atoms in total. The number of rotatable bonds is 5. The zero-order valence-electron chi connectivity index (χ0n) is 12.5. The second-order valence-electron chi connectivity index (χ2n) is 4.93. The molecule has 1 fully saturated rings. The number of aromatic nitrogens is 2. The SMILES string of the molecule is CCOC(=O)N1CCC(Nc2cc(COC)ncn2)CC1. The fourth-order valence-corrected chi connectivity index (χ4v) is 2.33. The number of nitrogens with zero attached hydrogens (tertiary/aromatic N) is 3. The fraction of sp³-hybridized carbons (Fsp3) is 0.643. The van der Waals surface area contributed by atoms with Crippen LogP contribution < -0.4 is 5.32 Å². The molecule has 1 aliphatic heterocycles. The molecule has 21 heavy (non-hydrogen) atoms. The maximum absolute atomic E-state index is 11.6. The van der Waals surface area contributed by atoms with E-state index in [-0.39, 0.29) is 6.09 Å². The molecule has 116 valence electrons. The van der Waals surface area contributed by atoms with Crippen LogP contribution in [0.1, 0.15) is 25.5 Å². The summed E-state index contributed by atoms with van der Waals surface area (Å²) in [6.45, 7) is 4.11. The van der Waals surface area contributed by atoms with Crippen molar-refractivity contribution >= 4 is 11.9 Å². The molecule has 1 aliphatic rings. The second-order valence-corrected chi connectivity index (χ2v) is 4.93. The molecule has 1 saturated heterocycles. The summed E-state index contributed by atoms with van der Waals surface area (Å²) in [4.78, 5) is 21.7. The average molecular weight is 294 g/mol. The maximum atomic E-state index is 11.6. The van der Waals surface area contributed by atoms with Gasteiger partial charge in [-0.25, -0.2) is 14.8 Å². The molecule has 0 atom stereocenters. The van der Waals surface area contributed by atoms with E-state index in [9.17, 15) is 4.79 Å². The molecule has 7 heteroatoms. The van der Waals surface area contributed by atoms with Gasteiger partial charge in [0.2, 0.25) is 0 Å². The first-order valence-corrected chi connectivity index (χ1v) is 7.21. The van der Waals surface area contributed by atoms with Crippen LogP contribution >= 0.6 is 0 Å². The van der Waals surface area contributed by atoms with Gasteiger partial charge in [-0.05, 0) is 19.8 Å². The number of amides is 1. The van der Waals surface area contributed by atoms with E-state index in [1.165, 1.54) is 6.33 Å². The molecule has 0 bridgehead atoms. The van der Waals surface area contributed by atoms with Gasteiger partial charge < -0.3 is 19.7 Å². The first kappa shape index (κ1) is 15.5. The summed E-state index contributed by atoms with van der Waals surface area (Å²) in [6, 6.07) is 2.20. The van der Waals surface area contributed by atoms with Crippen LogP contribution in [0.25, 0.3) is 0 Å². The standard InChI is InChI=1S/C14H22N4O3/c1-3-21-14(19)18-6-4-11(5-7-18)17-13-8-12(9-20-2)15-10-16-13/h8,10-11H,3-7,9H2,1-2H3,(H,15,16,17). The number of anilines is 1. The van der Waals surface area contributed by atoms with Crippen LogP contribution in [0, 0.1) is 0 Å². The van der Waals surface area contributed by atoms with Gasteiger partial charge in [-0.2, -0.15) is 0 Å². The third kappa shape index (κ3) is 4.56. The van der Waals surface area contributed by atoms with E-state index in [4.69, 9.17) is 9.47 Å². The van der Waals surface area contributed by atoms with E-state index in [0.717, 1.165) is 24.4 Å². The summed E-state index contributed by atoms with van der Waals surface area (Å²) in [5, 5.41) is 3.39. The first-order valence-electron chi connectivity index (χ1n) is 7.21. The zero-order chi connectivity index (χ0) is 15.1. The molecular weight excluding hydrogens is 272 g/mol. The van der Waals surface area contributed by atoms with E-state index in [2.05, 4.69) is 15.3 Å². The number of hydrogen-bond acceptors (Lipinski definition) is 6. The Bertz CT molecular complexity index is 461. The molecule has 0 unspecified atom stereocenters. The molecule has 1 amide bonds. The maximum Gasteiger partial charge on any atom is 0.409 e. The number of likely N-dealkylation sites (tertiary alicyclic amines) is 1. The monoisotopic (exact) mass is 294 g/mol. The Hall–Kier alpha value is -1.89. The largest absolute Gasteiger partial charge is 0.450 e. The number of methoxy groups -OCH3 is 1. The van der Waals surface area contributed by atoms with Crippen LogP contribution in [0.5, 0.6) is 0 Å². The normalized spacial score (nSPS) is 15.8. The number of carbonyl (C=O) groups excluding carboxylic acids is 1. The van der Waals surface area contributed by atoms with E-state index < -0.39 is 0 Å². The van der Waals surface area contributed by atoms with Gasteiger partial charge in [0.15, 0.2) is 0 Å². The van der Waals surface area contributed by atoms with Crippen LogP contribution in [0.4, 0.5) is 10.6 Å². The summed E-state index contributed by atoms with van der Waals surface area (Å²) in [5.41, 5.74) is 0.846. The molecule has 0 aromatic carbocycles. The second kappa shape index (κ2) is 7.78. The van der Waals surface area contributed by atoms with E-state index >= 15 is 0 Å². The Labute approximate surface area is 124 Å². The van der Waals surface area contributed by atoms with Gasteiger partial charge in [-0.15, -0.1) is 0 Å². The van der Waals surface area contributed by atoms with Gasteiger partial charge in [0, 0.05) is 32.3 Å². The Morgan fingerprint density at radius 3 is 2.86 bits per heavy atom. The molecule has 1 N–H and O–H groups in total. The molecule has 0 aliphatic carbocycles. The molecular formula is C14H22N4O3. The predicted octanol–water partition coefficient (Wildman–Crippen LogP) is 1.66. The summed E-state index contributed by atoms with van der Waals surface area (Å²) < 4.78 is 10.1. The molecule has 2 rings (SSSR count). The van der Waals surface area contributed by atoms with Crippen molar-refractivity contribution in [3.8, 4) is 0 Å². The van der Waals surface area contributed by atoms with Crippen molar-refractivity contribution in [3.05, 3.63) is 18.1 Å². The highest BCUT2D eigenvalue weighted by molar-refractivity contribution is 5.67. The minimum Gasteiger partial charge on any atom is -0.450 e. The molecule has 0 spiro atoms. The van der Waals surface area contributed by atoms with Gasteiger partial charge >= 0.3 is 6.09 Å². The lowest BCUT2D eigenvalue weighted by molar-refractivity contribution is 0.0983. The Morgan fingerprint density at radius 1 is 1.43 bits per heavy atom. The lowest BCUT2D eigenvalue weighted by atomic mass is 10.1. The van der Waals surface area contributed by atoms with Crippen molar-refractivity contribution in [2.75, 3.05) is 32.1 Å². The zero-order valence-corrected chi connectivity index (χ0v) is 12.5. The number of ether oxygens (including phenoxy) is 2. The molecule has 2 heterocycles. The number of piperidine rings is 1. The van der Waals surface area contributed by atoms with Gasteiger partial charge in [0.05, 0.1) is 18.9 Å². The first-order chi connectivity index (χ1) is 10.2. The van der Waals surface area contributed by atoms with Gasteiger partial charge in [-0.3, -0.25) is 0 Å². The quantitative estimate of drug-likeness (QED) is 0.890. The Morgan fingerprint density at radius 2 is 2.19 bits per heavy atom. The smallest absolute Gasteiger partial charge is 0.409 e. The van der Waals surface area contributed by atoms with Gasteiger partial charge in [0.25, 0.3) is 0 Å². The minimum absolute atomic E-state index is 0.222. The summed E-state index contributed by atoms with van der Waals surface area (Å²) in [6.07, 6.45) is 3.07. The topological polar surface area (TPSA) is 76.6 Å². The average Bonchev–Trinajstić information content (AvgIpc) is 2.49. The summed E-state index contributed by atoms with van der Waals surface area (Å²) in [7, 11) is 1.64.